The molecule has 0 bridgehead atoms. The zero-order valence-corrected chi connectivity index (χ0v) is 20.1. The molecule has 0 aromatic heterocycles. The van der Waals surface area contributed by atoms with Crippen LogP contribution < -0.4 is 16.0 Å². The zero-order chi connectivity index (χ0) is 25.1. The van der Waals surface area contributed by atoms with Gasteiger partial charge in [-0.3, -0.25) is 9.59 Å². The van der Waals surface area contributed by atoms with Crippen LogP contribution in [0, 0.1) is 5.92 Å². The van der Waals surface area contributed by atoms with Gasteiger partial charge in [-0.1, -0.05) is 77.6 Å². The third kappa shape index (κ3) is 17.3. The van der Waals surface area contributed by atoms with Crippen molar-refractivity contribution in [2.45, 2.75) is 103 Å². The Hall–Kier alpha value is -1.84. The smallest absolute Gasteiger partial charge is 0.475 e. The summed E-state index contributed by atoms with van der Waals surface area (Å²) in [6, 6.07) is -0.0746. The number of carbonyl (C=O) groups excluding carboxylic acids is 2. The number of carbonyl (C=O) groups is 3. The van der Waals surface area contributed by atoms with Gasteiger partial charge in [-0.15, -0.1) is 0 Å². The first-order chi connectivity index (χ1) is 15.6. The van der Waals surface area contributed by atoms with Gasteiger partial charge in [-0.2, -0.15) is 13.2 Å². The number of halogens is 3. The molecule has 2 amide bonds. The van der Waals surface area contributed by atoms with E-state index in [1.807, 2.05) is 0 Å². The Bertz CT molecular complexity index is 560. The summed E-state index contributed by atoms with van der Waals surface area (Å²) >= 11 is 0. The molecule has 194 valence electrons. The number of hydrogen-bond acceptors (Lipinski definition) is 4. The van der Waals surface area contributed by atoms with Crippen LogP contribution >= 0.6 is 0 Å². The largest absolute Gasteiger partial charge is 0.490 e. The first-order valence-electron chi connectivity index (χ1n) is 12.1. The summed E-state index contributed by atoms with van der Waals surface area (Å²) in [5.41, 5.74) is 0. The maximum atomic E-state index is 12.2. The van der Waals surface area contributed by atoms with E-state index >= 15 is 0 Å². The lowest BCUT2D eigenvalue weighted by atomic mass is 10.0. The second kappa shape index (κ2) is 18.6. The van der Waals surface area contributed by atoms with Crippen LogP contribution in [0.5, 0.6) is 0 Å². The number of unbranched alkanes of at least 4 members (excludes halogenated alkanes) is 11. The molecule has 0 aliphatic carbocycles. The SMILES string of the molecule is CCCCCCCCCCCCCCNC(=O)[C@@H]1CNC[C@H]1NC(C)=O.O=C(O)C(F)(F)F. The number of rotatable bonds is 15. The maximum absolute atomic E-state index is 12.2. The van der Waals surface area contributed by atoms with Crippen LogP contribution in [0.15, 0.2) is 0 Å². The third-order valence-corrected chi connectivity index (χ3v) is 5.51. The normalized spacial score (nSPS) is 17.7. The second-order valence-electron chi connectivity index (χ2n) is 8.55. The number of carboxylic acid groups (broad SMARTS) is 1. The minimum Gasteiger partial charge on any atom is -0.475 e. The predicted molar refractivity (Wildman–Crippen MR) is 122 cm³/mol. The van der Waals surface area contributed by atoms with Crippen LogP contribution in [0.25, 0.3) is 0 Å². The summed E-state index contributed by atoms with van der Waals surface area (Å²) < 4.78 is 31.7. The molecule has 1 aliphatic rings. The molecule has 4 N–H and O–H groups in total. The van der Waals surface area contributed by atoms with E-state index in [2.05, 4.69) is 22.9 Å². The Morgan fingerprint density at radius 2 is 1.33 bits per heavy atom. The summed E-state index contributed by atoms with van der Waals surface area (Å²) in [7, 11) is 0. The summed E-state index contributed by atoms with van der Waals surface area (Å²) in [5.74, 6) is -2.90. The Morgan fingerprint density at radius 3 is 1.76 bits per heavy atom. The molecule has 10 heteroatoms. The van der Waals surface area contributed by atoms with Crippen LogP contribution in [0.3, 0.4) is 0 Å². The fourth-order valence-corrected chi connectivity index (χ4v) is 3.68. The minimum atomic E-state index is -5.08. The minimum absolute atomic E-state index is 0.0665. The molecular formula is C23H42F3N3O4. The van der Waals surface area contributed by atoms with Gasteiger partial charge in [0.15, 0.2) is 0 Å². The first-order valence-corrected chi connectivity index (χ1v) is 12.1. The van der Waals surface area contributed by atoms with Gasteiger partial charge >= 0.3 is 12.1 Å². The van der Waals surface area contributed by atoms with E-state index in [1.165, 1.54) is 77.6 Å². The van der Waals surface area contributed by atoms with Crippen molar-refractivity contribution in [2.75, 3.05) is 19.6 Å². The topological polar surface area (TPSA) is 108 Å². The molecule has 1 rings (SSSR count). The lowest BCUT2D eigenvalue weighted by molar-refractivity contribution is -0.192. The van der Waals surface area contributed by atoms with Gasteiger partial charge in [-0.05, 0) is 6.42 Å². The number of aliphatic carboxylic acids is 1. The van der Waals surface area contributed by atoms with Gasteiger partial charge in [0.2, 0.25) is 11.8 Å². The first kappa shape index (κ1) is 31.2. The molecule has 1 fully saturated rings. The lowest BCUT2D eigenvalue weighted by Crippen LogP contribution is -2.45. The summed E-state index contributed by atoms with van der Waals surface area (Å²) in [4.78, 5) is 32.3. The molecule has 7 nitrogen and oxygen atoms in total. The molecule has 0 unspecified atom stereocenters. The Morgan fingerprint density at radius 1 is 0.879 bits per heavy atom. The predicted octanol–water partition coefficient (Wildman–Crippen LogP) is 4.16. The average molecular weight is 482 g/mol. The Labute approximate surface area is 195 Å². The van der Waals surface area contributed by atoms with Crippen LogP contribution in [-0.2, 0) is 14.4 Å². The fraction of sp³-hybridized carbons (Fsp3) is 0.870. The quantitative estimate of drug-likeness (QED) is 0.263. The lowest BCUT2D eigenvalue weighted by Gasteiger charge is -2.18. The highest BCUT2D eigenvalue weighted by Crippen LogP contribution is 2.13. The van der Waals surface area contributed by atoms with Crippen molar-refractivity contribution in [2.24, 2.45) is 5.92 Å². The van der Waals surface area contributed by atoms with Crippen molar-refractivity contribution >= 4 is 17.8 Å². The van der Waals surface area contributed by atoms with Gasteiger partial charge in [0.1, 0.15) is 0 Å². The van der Waals surface area contributed by atoms with Crippen LogP contribution in [0.4, 0.5) is 13.2 Å². The van der Waals surface area contributed by atoms with Crippen molar-refractivity contribution < 1.29 is 32.7 Å². The monoisotopic (exact) mass is 481 g/mol. The van der Waals surface area contributed by atoms with E-state index in [4.69, 9.17) is 9.90 Å². The van der Waals surface area contributed by atoms with E-state index in [9.17, 15) is 22.8 Å². The van der Waals surface area contributed by atoms with Gasteiger partial charge < -0.3 is 21.1 Å². The molecule has 2 atom stereocenters. The van der Waals surface area contributed by atoms with Crippen molar-refractivity contribution in [3.8, 4) is 0 Å². The summed E-state index contributed by atoms with van der Waals surface area (Å²) in [6.45, 7) is 5.84. The van der Waals surface area contributed by atoms with Gasteiger partial charge in [0.05, 0.1) is 12.0 Å². The standard InChI is InChI=1S/C21H41N3O2.C2HF3O2/c1-3-4-5-6-7-8-9-10-11-12-13-14-15-23-21(26)19-16-22-17-20(19)24-18(2)25;3-2(4,5)1(6)7/h19-20,22H,3-17H2,1-2H3,(H,23,26)(H,24,25);(H,6,7)/t19-,20-;/m1./s1. The second-order valence-corrected chi connectivity index (χ2v) is 8.55. The van der Waals surface area contributed by atoms with Crippen LogP contribution in [-0.4, -0.2) is 54.7 Å². The number of carboxylic acids is 1. The van der Waals surface area contributed by atoms with Crippen molar-refractivity contribution in [3.63, 3.8) is 0 Å². The summed E-state index contributed by atoms with van der Waals surface area (Å²) in [6.07, 6.45) is 10.8. The fourth-order valence-electron chi connectivity index (χ4n) is 3.68. The van der Waals surface area contributed by atoms with E-state index in [1.54, 1.807) is 0 Å². The molecule has 0 saturated carbocycles. The van der Waals surface area contributed by atoms with Gasteiger partial charge in [0.25, 0.3) is 0 Å². The maximum Gasteiger partial charge on any atom is 0.490 e. The van der Waals surface area contributed by atoms with E-state index in [-0.39, 0.29) is 23.8 Å². The third-order valence-electron chi connectivity index (χ3n) is 5.51. The summed E-state index contributed by atoms with van der Waals surface area (Å²) in [5, 5.41) is 16.2. The van der Waals surface area contributed by atoms with Crippen molar-refractivity contribution in [3.05, 3.63) is 0 Å². The molecule has 1 heterocycles. The van der Waals surface area contributed by atoms with E-state index in [0.717, 1.165) is 13.0 Å². The van der Waals surface area contributed by atoms with E-state index < -0.39 is 12.1 Å². The number of hydrogen-bond donors (Lipinski definition) is 4. The van der Waals surface area contributed by atoms with Crippen molar-refractivity contribution in [1.82, 2.24) is 16.0 Å². The average Bonchev–Trinajstić information content (AvgIpc) is 3.18. The highest BCUT2D eigenvalue weighted by molar-refractivity contribution is 5.81. The van der Waals surface area contributed by atoms with E-state index in [0.29, 0.717) is 13.1 Å². The Balaban J connectivity index is 0.00000126. The number of nitrogens with one attached hydrogen (secondary N) is 3. The van der Waals surface area contributed by atoms with Crippen LogP contribution in [0.1, 0.15) is 90.9 Å². The molecule has 0 aromatic carbocycles. The van der Waals surface area contributed by atoms with Crippen molar-refractivity contribution in [1.29, 1.82) is 0 Å². The zero-order valence-electron chi connectivity index (χ0n) is 20.1. The molecule has 0 aromatic rings. The molecule has 1 saturated heterocycles. The molecular weight excluding hydrogens is 439 g/mol. The number of amides is 2. The molecule has 33 heavy (non-hydrogen) atoms. The number of alkyl halides is 3. The molecule has 0 spiro atoms. The van der Waals surface area contributed by atoms with Gasteiger partial charge in [-0.25, -0.2) is 4.79 Å². The molecule has 1 aliphatic heterocycles. The highest BCUT2D eigenvalue weighted by atomic mass is 19.4. The Kier molecular flexibility index (Phi) is 17.5. The molecule has 0 radical (unpaired) electrons. The van der Waals surface area contributed by atoms with Gasteiger partial charge in [0, 0.05) is 26.6 Å². The highest BCUT2D eigenvalue weighted by Gasteiger charge is 2.38. The van der Waals surface area contributed by atoms with Crippen LogP contribution in [0.2, 0.25) is 0 Å².